The van der Waals surface area contributed by atoms with E-state index in [0.717, 1.165) is 16.8 Å². The maximum Gasteiger partial charge on any atom is 0.435 e. The summed E-state index contributed by atoms with van der Waals surface area (Å²) in [6.45, 7) is 9.39. The van der Waals surface area contributed by atoms with E-state index >= 15 is 0 Å². The monoisotopic (exact) mass is 324 g/mol. The van der Waals surface area contributed by atoms with E-state index in [1.807, 2.05) is 89.2 Å². The van der Waals surface area contributed by atoms with Gasteiger partial charge in [0.25, 0.3) is 0 Å². The highest BCUT2D eigenvalue weighted by Gasteiger charge is 2.23. The van der Waals surface area contributed by atoms with E-state index in [9.17, 15) is 4.79 Å². The van der Waals surface area contributed by atoms with E-state index in [-0.39, 0.29) is 0 Å². The summed E-state index contributed by atoms with van der Waals surface area (Å²) in [5, 5.41) is 5.82. The van der Waals surface area contributed by atoms with Crippen LogP contribution in [0.5, 0.6) is 0 Å². The zero-order valence-corrected chi connectivity index (χ0v) is 14.9. The van der Waals surface area contributed by atoms with Crippen LogP contribution in [0.1, 0.15) is 38.8 Å². The van der Waals surface area contributed by atoms with Gasteiger partial charge in [0, 0.05) is 0 Å². The summed E-state index contributed by atoms with van der Waals surface area (Å²) in [5.41, 5.74) is 2.90. The fraction of sp³-hybridized carbons (Fsp3) is 0.300. The Morgan fingerprint density at radius 1 is 1.00 bits per heavy atom. The Bertz CT molecular complexity index is 714. The second-order valence-corrected chi connectivity index (χ2v) is 6.68. The van der Waals surface area contributed by atoms with Crippen LogP contribution >= 0.6 is 0 Å². The molecule has 0 aliphatic heterocycles. The number of carbonyl (C=O) groups is 1. The Hall–Kier alpha value is -2.62. The Morgan fingerprint density at radius 3 is 2.12 bits per heavy atom. The minimum atomic E-state index is -0.587. The zero-order valence-electron chi connectivity index (χ0n) is 14.9. The molecule has 0 aliphatic rings. The first-order valence-electron chi connectivity index (χ1n) is 7.97. The minimum Gasteiger partial charge on any atom is -0.442 e. The van der Waals surface area contributed by atoms with E-state index in [1.54, 1.807) is 0 Å². The molecule has 2 aromatic rings. The highest BCUT2D eigenvalue weighted by atomic mass is 16.6. The Kier molecular flexibility index (Phi) is 5.39. The predicted octanol–water partition coefficient (Wildman–Crippen LogP) is 5.16. The highest BCUT2D eigenvalue weighted by Crippen LogP contribution is 2.20. The Labute approximate surface area is 143 Å². The van der Waals surface area contributed by atoms with E-state index in [0.29, 0.717) is 5.69 Å². The number of nitrogens with zero attached hydrogens (tertiary/aromatic N) is 2. The van der Waals surface area contributed by atoms with Crippen molar-refractivity contribution in [1.82, 2.24) is 0 Å². The number of hydrogen-bond acceptors (Lipinski definition) is 3. The quantitative estimate of drug-likeness (QED) is 0.578. The van der Waals surface area contributed by atoms with Crippen molar-refractivity contribution in [3.8, 4) is 0 Å². The van der Waals surface area contributed by atoms with Gasteiger partial charge in [-0.05, 0) is 52.3 Å². The molecule has 4 nitrogen and oxygen atoms in total. The SMILES string of the molecule is C/C(=N\N(C(=O)OC(C)(C)C)c1ccc(C)cc1)c1ccccc1. The fourth-order valence-electron chi connectivity index (χ4n) is 2.08. The van der Waals surface area contributed by atoms with E-state index in [1.165, 1.54) is 5.01 Å². The number of ether oxygens (including phenoxy) is 1. The molecule has 1 amide bonds. The van der Waals surface area contributed by atoms with E-state index in [2.05, 4.69) is 5.10 Å². The van der Waals surface area contributed by atoms with Gasteiger partial charge < -0.3 is 4.74 Å². The molecule has 0 saturated carbocycles. The van der Waals surface area contributed by atoms with Gasteiger partial charge in [-0.25, -0.2) is 4.79 Å². The van der Waals surface area contributed by atoms with E-state index in [4.69, 9.17) is 4.74 Å². The Balaban J connectivity index is 2.39. The van der Waals surface area contributed by atoms with Gasteiger partial charge in [0.2, 0.25) is 0 Å². The van der Waals surface area contributed by atoms with Crippen molar-refractivity contribution in [2.75, 3.05) is 5.01 Å². The van der Waals surface area contributed by atoms with Crippen molar-refractivity contribution in [3.05, 3.63) is 65.7 Å². The van der Waals surface area contributed by atoms with Gasteiger partial charge in [-0.1, -0.05) is 48.0 Å². The summed E-state index contributed by atoms with van der Waals surface area (Å²) in [6, 6.07) is 17.4. The number of carbonyl (C=O) groups excluding carboxylic acids is 1. The van der Waals surface area contributed by atoms with Crippen LogP contribution in [0.2, 0.25) is 0 Å². The molecule has 0 unspecified atom stereocenters. The van der Waals surface area contributed by atoms with Crippen molar-refractivity contribution < 1.29 is 9.53 Å². The lowest BCUT2D eigenvalue weighted by Gasteiger charge is -2.25. The minimum absolute atomic E-state index is 0.498. The highest BCUT2D eigenvalue weighted by molar-refractivity contribution is 6.01. The molecule has 0 heterocycles. The lowest BCUT2D eigenvalue weighted by atomic mass is 10.1. The molecule has 126 valence electrons. The number of anilines is 1. The van der Waals surface area contributed by atoms with Crippen molar-refractivity contribution in [2.24, 2.45) is 5.10 Å². The van der Waals surface area contributed by atoms with Gasteiger partial charge in [0.1, 0.15) is 5.60 Å². The molecule has 0 aliphatic carbocycles. The molecule has 4 heteroatoms. The van der Waals surface area contributed by atoms with Crippen molar-refractivity contribution in [3.63, 3.8) is 0 Å². The normalized spacial score (nSPS) is 12.0. The van der Waals surface area contributed by atoms with Crippen LogP contribution in [0.15, 0.2) is 59.7 Å². The topological polar surface area (TPSA) is 41.9 Å². The average molecular weight is 324 g/mol. The number of hydrazone groups is 1. The van der Waals surface area contributed by atoms with Crippen LogP contribution in [0.25, 0.3) is 0 Å². The predicted molar refractivity (Wildman–Crippen MR) is 98.5 cm³/mol. The zero-order chi connectivity index (χ0) is 17.7. The molecule has 24 heavy (non-hydrogen) atoms. The second kappa shape index (κ2) is 7.30. The lowest BCUT2D eigenvalue weighted by molar-refractivity contribution is 0.0581. The maximum atomic E-state index is 12.6. The summed E-state index contributed by atoms with van der Waals surface area (Å²) in [7, 11) is 0. The molecule has 0 radical (unpaired) electrons. The number of aryl methyl sites for hydroxylation is 1. The van der Waals surface area contributed by atoms with Crippen LogP contribution in [-0.4, -0.2) is 17.4 Å². The fourth-order valence-corrected chi connectivity index (χ4v) is 2.08. The summed E-state index contributed by atoms with van der Waals surface area (Å²) in [5.74, 6) is 0. The number of benzene rings is 2. The largest absolute Gasteiger partial charge is 0.442 e. The summed E-state index contributed by atoms with van der Waals surface area (Å²) < 4.78 is 5.50. The van der Waals surface area contributed by atoms with Crippen LogP contribution in [-0.2, 0) is 4.74 Å². The average Bonchev–Trinajstić information content (AvgIpc) is 2.52. The molecule has 0 atom stereocenters. The molecule has 0 aromatic heterocycles. The molecule has 0 N–H and O–H groups in total. The second-order valence-electron chi connectivity index (χ2n) is 6.68. The third-order valence-electron chi connectivity index (χ3n) is 3.29. The molecular weight excluding hydrogens is 300 g/mol. The van der Waals surface area contributed by atoms with Crippen LogP contribution in [0.3, 0.4) is 0 Å². The molecule has 0 fully saturated rings. The molecule has 0 bridgehead atoms. The third kappa shape index (κ3) is 4.95. The van der Waals surface area contributed by atoms with Crippen molar-refractivity contribution in [2.45, 2.75) is 40.2 Å². The van der Waals surface area contributed by atoms with Crippen LogP contribution in [0.4, 0.5) is 10.5 Å². The third-order valence-corrected chi connectivity index (χ3v) is 3.29. The van der Waals surface area contributed by atoms with Crippen LogP contribution in [0, 0.1) is 6.92 Å². The van der Waals surface area contributed by atoms with Gasteiger partial charge >= 0.3 is 6.09 Å². The van der Waals surface area contributed by atoms with Gasteiger partial charge in [-0.2, -0.15) is 10.1 Å². The first-order valence-corrected chi connectivity index (χ1v) is 7.97. The molecule has 0 spiro atoms. The van der Waals surface area contributed by atoms with E-state index < -0.39 is 11.7 Å². The van der Waals surface area contributed by atoms with Crippen LogP contribution < -0.4 is 5.01 Å². The first-order chi connectivity index (χ1) is 11.3. The standard InChI is InChI=1S/C20H24N2O2/c1-15-11-13-18(14-12-15)22(19(23)24-20(3,4)5)21-16(2)17-9-7-6-8-10-17/h6-14H,1-5H3/b21-16+. The molecule has 2 rings (SSSR count). The summed E-state index contributed by atoms with van der Waals surface area (Å²) in [6.07, 6.45) is -0.498. The first kappa shape index (κ1) is 17.7. The molecular formula is C20H24N2O2. The number of amides is 1. The summed E-state index contributed by atoms with van der Waals surface area (Å²) >= 11 is 0. The molecule has 2 aromatic carbocycles. The van der Waals surface area contributed by atoms with Crippen molar-refractivity contribution >= 4 is 17.5 Å². The van der Waals surface area contributed by atoms with Crippen molar-refractivity contribution in [1.29, 1.82) is 0 Å². The lowest BCUT2D eigenvalue weighted by Crippen LogP contribution is -2.34. The van der Waals surface area contributed by atoms with Gasteiger partial charge in [-0.15, -0.1) is 0 Å². The number of hydrogen-bond donors (Lipinski definition) is 0. The number of rotatable bonds is 3. The molecule has 0 saturated heterocycles. The Morgan fingerprint density at radius 2 is 1.58 bits per heavy atom. The maximum absolute atomic E-state index is 12.6. The van der Waals surface area contributed by atoms with Gasteiger partial charge in [-0.3, -0.25) is 0 Å². The smallest absolute Gasteiger partial charge is 0.435 e. The summed E-state index contributed by atoms with van der Waals surface area (Å²) in [4.78, 5) is 12.6. The van der Waals surface area contributed by atoms with Gasteiger partial charge in [0.15, 0.2) is 0 Å². The van der Waals surface area contributed by atoms with Gasteiger partial charge in [0.05, 0.1) is 11.4 Å².